The summed E-state index contributed by atoms with van der Waals surface area (Å²) in [5, 5.41) is 0. The number of methoxy groups -OCH3 is 2. The van der Waals surface area contributed by atoms with Gasteiger partial charge in [0.2, 0.25) is 5.89 Å². The second-order valence-corrected chi connectivity index (χ2v) is 4.13. The van der Waals surface area contributed by atoms with Gasteiger partial charge in [0.15, 0.2) is 0 Å². The molecule has 0 unspecified atom stereocenters. The normalized spacial score (nSPS) is 10.5. The van der Waals surface area contributed by atoms with Gasteiger partial charge in [-0.25, -0.2) is 4.98 Å². The fraction of sp³-hybridized carbons (Fsp3) is 0.357. The van der Waals surface area contributed by atoms with Gasteiger partial charge in [-0.1, -0.05) is 0 Å². The maximum absolute atomic E-state index is 5.69. The molecule has 0 aliphatic rings. The number of oxazole rings is 1. The fourth-order valence-electron chi connectivity index (χ4n) is 1.76. The number of benzene rings is 1. The predicted octanol–water partition coefficient (Wildman–Crippen LogP) is 2.25. The number of hydrogen-bond donors (Lipinski definition) is 1. The van der Waals surface area contributed by atoms with Gasteiger partial charge in [0.25, 0.3) is 0 Å². The van der Waals surface area contributed by atoms with Crippen molar-refractivity contribution < 1.29 is 13.9 Å². The van der Waals surface area contributed by atoms with E-state index < -0.39 is 0 Å². The van der Waals surface area contributed by atoms with Crippen LogP contribution in [-0.4, -0.2) is 25.7 Å². The molecular weight excluding hydrogens is 244 g/mol. The first-order valence-corrected chi connectivity index (χ1v) is 6.15. The molecule has 1 aromatic heterocycles. The van der Waals surface area contributed by atoms with Crippen molar-refractivity contribution in [3.05, 3.63) is 30.2 Å². The van der Waals surface area contributed by atoms with Crippen molar-refractivity contribution in [3.8, 4) is 23.0 Å². The van der Waals surface area contributed by atoms with Crippen LogP contribution in [0.5, 0.6) is 11.5 Å². The Morgan fingerprint density at radius 3 is 2.42 bits per heavy atom. The van der Waals surface area contributed by atoms with Gasteiger partial charge in [-0.05, 0) is 25.1 Å². The molecule has 2 rings (SSSR count). The Balaban J connectivity index is 2.27. The Labute approximate surface area is 112 Å². The Morgan fingerprint density at radius 1 is 1.16 bits per heavy atom. The van der Waals surface area contributed by atoms with Gasteiger partial charge in [-0.3, -0.25) is 0 Å². The molecule has 0 saturated carbocycles. The topological polar surface area (TPSA) is 70.5 Å². The summed E-state index contributed by atoms with van der Waals surface area (Å²) in [6, 6.07) is 5.53. The summed E-state index contributed by atoms with van der Waals surface area (Å²) in [5.41, 5.74) is 6.30. The van der Waals surface area contributed by atoms with Crippen molar-refractivity contribution in [2.75, 3.05) is 20.8 Å². The molecule has 2 N–H and O–H groups in total. The molecule has 0 aliphatic heterocycles. The van der Waals surface area contributed by atoms with E-state index in [1.807, 2.05) is 18.2 Å². The molecule has 1 aromatic carbocycles. The van der Waals surface area contributed by atoms with E-state index in [0.717, 1.165) is 24.2 Å². The third-order valence-corrected chi connectivity index (χ3v) is 2.78. The molecule has 0 spiro atoms. The lowest BCUT2D eigenvalue weighted by molar-refractivity contribution is 0.394. The lowest BCUT2D eigenvalue weighted by Gasteiger charge is -2.06. The molecule has 0 atom stereocenters. The summed E-state index contributed by atoms with van der Waals surface area (Å²) < 4.78 is 16.1. The third-order valence-electron chi connectivity index (χ3n) is 2.78. The Hall–Kier alpha value is -2.01. The molecule has 0 fully saturated rings. The number of nitrogens with two attached hydrogens (primary N) is 1. The quantitative estimate of drug-likeness (QED) is 0.864. The molecule has 0 aliphatic carbocycles. The van der Waals surface area contributed by atoms with E-state index in [0.29, 0.717) is 23.9 Å². The van der Waals surface area contributed by atoms with E-state index in [1.54, 1.807) is 20.4 Å². The molecule has 0 radical (unpaired) electrons. The Morgan fingerprint density at radius 2 is 1.84 bits per heavy atom. The van der Waals surface area contributed by atoms with E-state index in [2.05, 4.69) is 4.98 Å². The number of rotatable bonds is 6. The largest absolute Gasteiger partial charge is 0.497 e. The lowest BCUT2D eigenvalue weighted by Crippen LogP contribution is -1.99. The average molecular weight is 262 g/mol. The molecule has 5 nitrogen and oxygen atoms in total. The lowest BCUT2D eigenvalue weighted by atomic mass is 10.2. The first-order valence-electron chi connectivity index (χ1n) is 6.15. The van der Waals surface area contributed by atoms with Crippen LogP contribution in [0.3, 0.4) is 0 Å². The molecule has 5 heteroatoms. The summed E-state index contributed by atoms with van der Waals surface area (Å²) in [7, 11) is 3.22. The summed E-state index contributed by atoms with van der Waals surface area (Å²) in [6.07, 6.45) is 3.41. The molecule has 0 amide bonds. The van der Waals surface area contributed by atoms with Gasteiger partial charge < -0.3 is 19.6 Å². The van der Waals surface area contributed by atoms with Crippen molar-refractivity contribution in [2.24, 2.45) is 5.73 Å². The highest BCUT2D eigenvalue weighted by Crippen LogP contribution is 2.29. The fourth-order valence-corrected chi connectivity index (χ4v) is 1.76. The zero-order chi connectivity index (χ0) is 13.7. The van der Waals surface area contributed by atoms with Crippen LogP contribution in [0.25, 0.3) is 11.5 Å². The first kappa shape index (κ1) is 13.4. The van der Waals surface area contributed by atoms with Crippen molar-refractivity contribution in [1.29, 1.82) is 0 Å². The Kier molecular flexibility index (Phi) is 4.41. The number of aryl methyl sites for hydroxylation is 1. The summed E-state index contributed by atoms with van der Waals surface area (Å²) in [5.74, 6) is 2.80. The van der Waals surface area contributed by atoms with Crippen molar-refractivity contribution in [2.45, 2.75) is 12.8 Å². The zero-order valence-electron chi connectivity index (χ0n) is 11.2. The maximum atomic E-state index is 5.69. The van der Waals surface area contributed by atoms with Gasteiger partial charge in [0, 0.05) is 18.1 Å². The summed E-state index contributed by atoms with van der Waals surface area (Å²) in [4.78, 5) is 4.27. The number of hydrogen-bond acceptors (Lipinski definition) is 5. The predicted molar refractivity (Wildman–Crippen MR) is 72.4 cm³/mol. The minimum atomic E-state index is 0.559. The highest BCUT2D eigenvalue weighted by Gasteiger charge is 2.10. The van der Waals surface area contributed by atoms with Gasteiger partial charge >= 0.3 is 0 Å². The maximum Gasteiger partial charge on any atom is 0.226 e. The standard InChI is InChI=1S/C14H18N2O3/c1-17-12-6-10(7-13(8-12)18-2)14-16-9-11(19-14)4-3-5-15/h6-9H,3-5,15H2,1-2H3. The van der Waals surface area contributed by atoms with Crippen LogP contribution in [0.15, 0.2) is 28.8 Å². The third kappa shape index (κ3) is 3.26. The number of aromatic nitrogens is 1. The van der Waals surface area contributed by atoms with Crippen molar-refractivity contribution in [3.63, 3.8) is 0 Å². The minimum Gasteiger partial charge on any atom is -0.497 e. The molecular formula is C14H18N2O3. The molecule has 1 heterocycles. The first-order chi connectivity index (χ1) is 9.26. The van der Waals surface area contributed by atoms with Crippen molar-refractivity contribution >= 4 is 0 Å². The van der Waals surface area contributed by atoms with Crippen LogP contribution in [0.4, 0.5) is 0 Å². The molecule has 19 heavy (non-hydrogen) atoms. The van der Waals surface area contributed by atoms with Crippen molar-refractivity contribution in [1.82, 2.24) is 4.98 Å². The molecule has 102 valence electrons. The van der Waals surface area contributed by atoms with E-state index >= 15 is 0 Å². The average Bonchev–Trinajstić information content (AvgIpc) is 2.93. The highest BCUT2D eigenvalue weighted by atomic mass is 16.5. The van der Waals surface area contributed by atoms with Crippen LogP contribution < -0.4 is 15.2 Å². The molecule has 0 saturated heterocycles. The van der Waals surface area contributed by atoms with E-state index in [9.17, 15) is 0 Å². The van der Waals surface area contributed by atoms with Gasteiger partial charge in [-0.15, -0.1) is 0 Å². The number of nitrogens with zero attached hydrogens (tertiary/aromatic N) is 1. The SMILES string of the molecule is COc1cc(OC)cc(-c2ncc(CCCN)o2)c1. The zero-order valence-corrected chi connectivity index (χ0v) is 11.2. The highest BCUT2D eigenvalue weighted by molar-refractivity contribution is 5.59. The van der Waals surface area contributed by atoms with Crippen LogP contribution >= 0.6 is 0 Å². The summed E-state index contributed by atoms with van der Waals surface area (Å²) >= 11 is 0. The van der Waals surface area contributed by atoms with Gasteiger partial charge in [-0.2, -0.15) is 0 Å². The Bertz CT molecular complexity index is 515. The van der Waals surface area contributed by atoms with Gasteiger partial charge in [0.1, 0.15) is 17.3 Å². The minimum absolute atomic E-state index is 0.559. The second kappa shape index (κ2) is 6.24. The smallest absolute Gasteiger partial charge is 0.226 e. The van der Waals surface area contributed by atoms with Crippen LogP contribution in [0.1, 0.15) is 12.2 Å². The van der Waals surface area contributed by atoms with Crippen LogP contribution in [0, 0.1) is 0 Å². The summed E-state index contributed by atoms with van der Waals surface area (Å²) in [6.45, 7) is 0.642. The monoisotopic (exact) mass is 262 g/mol. The second-order valence-electron chi connectivity index (χ2n) is 4.13. The molecule has 0 bridgehead atoms. The number of ether oxygens (including phenoxy) is 2. The van der Waals surface area contributed by atoms with Crippen LogP contribution in [0.2, 0.25) is 0 Å². The van der Waals surface area contributed by atoms with E-state index in [1.165, 1.54) is 0 Å². The van der Waals surface area contributed by atoms with E-state index in [-0.39, 0.29) is 0 Å². The van der Waals surface area contributed by atoms with E-state index in [4.69, 9.17) is 19.6 Å². The molecule has 2 aromatic rings. The van der Waals surface area contributed by atoms with Gasteiger partial charge in [0.05, 0.1) is 20.4 Å². The van der Waals surface area contributed by atoms with Crippen LogP contribution in [-0.2, 0) is 6.42 Å².